The predicted molar refractivity (Wildman–Crippen MR) is 83.8 cm³/mol. The normalized spacial score (nSPS) is 13.0. The molecule has 0 saturated carbocycles. The zero-order valence-corrected chi connectivity index (χ0v) is 13.7. The number of nitrogens with one attached hydrogen (secondary N) is 1. The second-order valence-corrected chi connectivity index (χ2v) is 6.42. The van der Waals surface area contributed by atoms with Crippen molar-refractivity contribution in [1.82, 2.24) is 9.88 Å². The fourth-order valence-corrected chi connectivity index (χ4v) is 2.18. The Bertz CT molecular complexity index is 617. The first-order valence-electron chi connectivity index (χ1n) is 7.30. The molecule has 1 aromatic heterocycles. The topological polar surface area (TPSA) is 88.4 Å². The number of pyridine rings is 1. The van der Waals surface area contributed by atoms with Gasteiger partial charge < -0.3 is 15.0 Å². The van der Waals surface area contributed by atoms with Crippen molar-refractivity contribution in [3.8, 4) is 0 Å². The van der Waals surface area contributed by atoms with Crippen LogP contribution in [0, 0.1) is 12.8 Å². The molecule has 0 aliphatic carbocycles. The first-order valence-corrected chi connectivity index (χ1v) is 7.30. The summed E-state index contributed by atoms with van der Waals surface area (Å²) in [4.78, 5) is 35.9. The van der Waals surface area contributed by atoms with E-state index in [0.717, 1.165) is 0 Å². The molecular weight excluding hydrogens is 284 g/mol. The molecule has 6 heteroatoms. The van der Waals surface area contributed by atoms with Gasteiger partial charge in [-0.3, -0.25) is 9.59 Å². The van der Waals surface area contributed by atoms with E-state index < -0.39 is 23.5 Å². The number of aryl methyl sites for hydroxylation is 1. The van der Waals surface area contributed by atoms with Gasteiger partial charge in [-0.25, -0.2) is 4.79 Å². The van der Waals surface area contributed by atoms with Gasteiger partial charge in [-0.1, -0.05) is 19.9 Å². The number of nitrogens with zero attached hydrogens (tertiary/aromatic N) is 1. The van der Waals surface area contributed by atoms with E-state index in [4.69, 9.17) is 0 Å². The van der Waals surface area contributed by atoms with Crippen LogP contribution in [0.25, 0.3) is 0 Å². The Morgan fingerprint density at radius 3 is 2.45 bits per heavy atom. The van der Waals surface area contributed by atoms with Gasteiger partial charge in [-0.15, -0.1) is 0 Å². The Kier molecular flexibility index (Phi) is 5.52. The van der Waals surface area contributed by atoms with Gasteiger partial charge in [0.15, 0.2) is 0 Å². The summed E-state index contributed by atoms with van der Waals surface area (Å²) in [6, 6.07) is 2.40. The van der Waals surface area contributed by atoms with Crippen molar-refractivity contribution in [2.24, 2.45) is 5.92 Å². The standard InChI is InChI=1S/C16H24N2O4/c1-10(2)9-12(14(20)21)17-15(22)16(4,5)18-8-6-7-11(3)13(18)19/h6-8,10,12H,9H2,1-5H3,(H,17,22)(H,20,21). The Morgan fingerprint density at radius 2 is 1.95 bits per heavy atom. The highest BCUT2D eigenvalue weighted by Crippen LogP contribution is 2.15. The number of carboxylic acid groups (broad SMARTS) is 1. The molecule has 2 N–H and O–H groups in total. The molecule has 1 aromatic rings. The SMILES string of the molecule is Cc1cccn(C(C)(C)C(=O)NC(CC(C)C)C(=O)O)c1=O. The number of hydrogen-bond acceptors (Lipinski definition) is 3. The molecular formula is C16H24N2O4. The maximum absolute atomic E-state index is 12.5. The van der Waals surface area contributed by atoms with Crippen molar-refractivity contribution in [3.63, 3.8) is 0 Å². The monoisotopic (exact) mass is 308 g/mol. The molecule has 0 radical (unpaired) electrons. The molecule has 6 nitrogen and oxygen atoms in total. The lowest BCUT2D eigenvalue weighted by Gasteiger charge is -2.28. The van der Waals surface area contributed by atoms with E-state index in [1.54, 1.807) is 32.9 Å². The van der Waals surface area contributed by atoms with Crippen LogP contribution < -0.4 is 10.9 Å². The smallest absolute Gasteiger partial charge is 0.326 e. The molecule has 122 valence electrons. The van der Waals surface area contributed by atoms with Crippen molar-refractivity contribution >= 4 is 11.9 Å². The van der Waals surface area contributed by atoms with Crippen LogP contribution >= 0.6 is 0 Å². The number of rotatable bonds is 6. The van der Waals surface area contributed by atoms with E-state index in [2.05, 4.69) is 5.32 Å². The molecule has 0 aromatic carbocycles. The fraction of sp³-hybridized carbons (Fsp3) is 0.562. The van der Waals surface area contributed by atoms with Gasteiger partial charge >= 0.3 is 5.97 Å². The minimum absolute atomic E-state index is 0.131. The quantitative estimate of drug-likeness (QED) is 0.833. The molecule has 1 heterocycles. The lowest BCUT2D eigenvalue weighted by Crippen LogP contribution is -2.53. The lowest BCUT2D eigenvalue weighted by atomic mass is 9.99. The van der Waals surface area contributed by atoms with Gasteiger partial charge in [-0.05, 0) is 39.2 Å². The highest BCUT2D eigenvalue weighted by Gasteiger charge is 2.33. The Morgan fingerprint density at radius 1 is 1.36 bits per heavy atom. The maximum Gasteiger partial charge on any atom is 0.326 e. The van der Waals surface area contributed by atoms with E-state index in [0.29, 0.717) is 12.0 Å². The van der Waals surface area contributed by atoms with Gasteiger partial charge in [0.1, 0.15) is 11.6 Å². The maximum atomic E-state index is 12.5. The molecule has 1 amide bonds. The van der Waals surface area contributed by atoms with Crippen LogP contribution in [-0.2, 0) is 15.1 Å². The number of amides is 1. The van der Waals surface area contributed by atoms with Gasteiger partial charge in [-0.2, -0.15) is 0 Å². The molecule has 0 aliphatic rings. The van der Waals surface area contributed by atoms with Gasteiger partial charge in [0.2, 0.25) is 5.91 Å². The first-order chi connectivity index (χ1) is 10.1. The number of aromatic nitrogens is 1. The van der Waals surface area contributed by atoms with Crippen molar-refractivity contribution in [3.05, 3.63) is 34.2 Å². The summed E-state index contributed by atoms with van der Waals surface area (Å²) in [5.41, 5.74) is -0.910. The van der Waals surface area contributed by atoms with Crippen molar-refractivity contribution < 1.29 is 14.7 Å². The van der Waals surface area contributed by atoms with Crippen LogP contribution in [0.2, 0.25) is 0 Å². The molecule has 0 bridgehead atoms. The van der Waals surface area contributed by atoms with E-state index in [9.17, 15) is 19.5 Å². The highest BCUT2D eigenvalue weighted by molar-refractivity contribution is 5.88. The van der Waals surface area contributed by atoms with E-state index >= 15 is 0 Å². The number of aliphatic carboxylic acids is 1. The molecule has 0 fully saturated rings. The summed E-state index contributed by atoms with van der Waals surface area (Å²) in [6.45, 7) is 8.64. The third-order valence-electron chi connectivity index (χ3n) is 3.61. The molecule has 22 heavy (non-hydrogen) atoms. The van der Waals surface area contributed by atoms with Gasteiger partial charge in [0, 0.05) is 11.8 Å². The summed E-state index contributed by atoms with van der Waals surface area (Å²) in [5.74, 6) is -1.44. The van der Waals surface area contributed by atoms with E-state index in [-0.39, 0.29) is 11.5 Å². The molecule has 0 aliphatic heterocycles. The molecule has 0 spiro atoms. The largest absolute Gasteiger partial charge is 0.480 e. The van der Waals surface area contributed by atoms with Crippen LogP contribution in [0.5, 0.6) is 0 Å². The zero-order valence-electron chi connectivity index (χ0n) is 13.7. The first kappa shape index (κ1) is 17.9. The van der Waals surface area contributed by atoms with Crippen molar-refractivity contribution in [1.29, 1.82) is 0 Å². The van der Waals surface area contributed by atoms with Crippen LogP contribution in [0.4, 0.5) is 0 Å². The fourth-order valence-electron chi connectivity index (χ4n) is 2.18. The number of carbonyl (C=O) groups is 2. The zero-order chi connectivity index (χ0) is 17.1. The summed E-state index contributed by atoms with van der Waals surface area (Å²) in [5, 5.41) is 11.8. The van der Waals surface area contributed by atoms with Crippen molar-refractivity contribution in [2.45, 2.75) is 52.6 Å². The van der Waals surface area contributed by atoms with Gasteiger partial charge in [0.25, 0.3) is 5.56 Å². The van der Waals surface area contributed by atoms with Gasteiger partial charge in [0.05, 0.1) is 0 Å². The summed E-state index contributed by atoms with van der Waals surface area (Å²) >= 11 is 0. The molecule has 1 rings (SSSR count). The van der Waals surface area contributed by atoms with E-state index in [1.807, 2.05) is 13.8 Å². The molecule has 1 atom stereocenters. The average molecular weight is 308 g/mol. The second-order valence-electron chi connectivity index (χ2n) is 6.42. The molecule has 1 unspecified atom stereocenters. The van der Waals surface area contributed by atoms with E-state index in [1.165, 1.54) is 10.8 Å². The predicted octanol–water partition coefficient (Wildman–Crippen LogP) is 1.51. The highest BCUT2D eigenvalue weighted by atomic mass is 16.4. The minimum atomic E-state index is -1.17. The molecule has 0 saturated heterocycles. The Labute approximate surface area is 130 Å². The summed E-state index contributed by atoms with van der Waals surface area (Å²) in [6.07, 6.45) is 1.87. The van der Waals surface area contributed by atoms with Crippen LogP contribution in [0.15, 0.2) is 23.1 Å². The lowest BCUT2D eigenvalue weighted by molar-refractivity contribution is -0.143. The van der Waals surface area contributed by atoms with Crippen LogP contribution in [0.3, 0.4) is 0 Å². The third-order valence-corrected chi connectivity index (χ3v) is 3.61. The Balaban J connectivity index is 3.06. The second kappa shape index (κ2) is 6.77. The Hall–Kier alpha value is -2.11. The minimum Gasteiger partial charge on any atom is -0.480 e. The summed E-state index contributed by atoms with van der Waals surface area (Å²) < 4.78 is 1.33. The number of carbonyl (C=O) groups excluding carboxylic acids is 1. The summed E-state index contributed by atoms with van der Waals surface area (Å²) in [7, 11) is 0. The average Bonchev–Trinajstić information content (AvgIpc) is 2.40. The van der Waals surface area contributed by atoms with Crippen LogP contribution in [0.1, 0.15) is 39.7 Å². The third kappa shape index (κ3) is 3.96. The number of hydrogen-bond donors (Lipinski definition) is 2. The van der Waals surface area contributed by atoms with Crippen molar-refractivity contribution in [2.75, 3.05) is 0 Å². The van der Waals surface area contributed by atoms with Crippen LogP contribution in [-0.4, -0.2) is 27.6 Å². The number of carboxylic acids is 1.